The molecule has 1 aromatic carbocycles. The van der Waals surface area contributed by atoms with Crippen molar-refractivity contribution in [3.63, 3.8) is 0 Å². The number of tetrazole rings is 1. The maximum Gasteiger partial charge on any atom is 0.235 e. The fraction of sp³-hybridized carbons (Fsp3) is 0.529. The molecule has 2 heterocycles. The number of amides is 1. The predicted molar refractivity (Wildman–Crippen MR) is 96.1 cm³/mol. The normalized spacial score (nSPS) is 16.3. The number of thioether (sulfide) groups is 1. The Labute approximate surface area is 151 Å². The van der Waals surface area contributed by atoms with Crippen LogP contribution in [0.15, 0.2) is 29.4 Å². The highest BCUT2D eigenvalue weighted by Gasteiger charge is 2.24. The first-order valence-corrected chi connectivity index (χ1v) is 9.45. The maximum absolute atomic E-state index is 12.7. The van der Waals surface area contributed by atoms with E-state index in [0.29, 0.717) is 5.16 Å². The van der Waals surface area contributed by atoms with Gasteiger partial charge in [-0.2, -0.15) is 4.68 Å². The Morgan fingerprint density at radius 1 is 1.16 bits per heavy atom. The molecule has 0 unspecified atom stereocenters. The van der Waals surface area contributed by atoms with Crippen molar-refractivity contribution >= 4 is 17.7 Å². The standard InChI is InChI=1S/C17H23N5O2S/c1-13(16(23)21-11-5-3-4-6-12-21)25-17-18-19-20-22(17)14-7-9-15(24-2)10-8-14/h7-10,13H,3-6,11-12H2,1-2H3/t13-/m0/s1. The van der Waals surface area contributed by atoms with Crippen molar-refractivity contribution in [3.05, 3.63) is 24.3 Å². The molecule has 25 heavy (non-hydrogen) atoms. The lowest BCUT2D eigenvalue weighted by atomic mass is 10.2. The number of ether oxygens (including phenoxy) is 1. The molecule has 1 fully saturated rings. The van der Waals surface area contributed by atoms with Crippen LogP contribution in [0.5, 0.6) is 5.75 Å². The van der Waals surface area contributed by atoms with Crippen molar-refractivity contribution in [1.29, 1.82) is 0 Å². The number of hydrogen-bond donors (Lipinski definition) is 0. The Hall–Kier alpha value is -2.09. The molecule has 0 aliphatic carbocycles. The number of benzene rings is 1. The Morgan fingerprint density at radius 3 is 2.48 bits per heavy atom. The zero-order chi connectivity index (χ0) is 17.6. The molecule has 1 atom stereocenters. The van der Waals surface area contributed by atoms with E-state index in [-0.39, 0.29) is 11.2 Å². The van der Waals surface area contributed by atoms with Gasteiger partial charge in [-0.25, -0.2) is 0 Å². The van der Waals surface area contributed by atoms with Gasteiger partial charge in [-0.15, -0.1) is 5.10 Å². The van der Waals surface area contributed by atoms with Gasteiger partial charge < -0.3 is 9.64 Å². The summed E-state index contributed by atoms with van der Waals surface area (Å²) in [7, 11) is 1.63. The molecule has 7 nitrogen and oxygen atoms in total. The van der Waals surface area contributed by atoms with Crippen molar-refractivity contribution in [2.75, 3.05) is 20.2 Å². The third-order valence-electron chi connectivity index (χ3n) is 4.31. The molecule has 1 aliphatic heterocycles. The van der Waals surface area contributed by atoms with Gasteiger partial charge in [0.05, 0.1) is 18.0 Å². The second kappa shape index (κ2) is 8.33. The van der Waals surface area contributed by atoms with Gasteiger partial charge in [0.1, 0.15) is 5.75 Å². The maximum atomic E-state index is 12.7. The van der Waals surface area contributed by atoms with Gasteiger partial charge in [0, 0.05) is 13.1 Å². The topological polar surface area (TPSA) is 73.1 Å². The van der Waals surface area contributed by atoms with E-state index in [0.717, 1.165) is 37.4 Å². The van der Waals surface area contributed by atoms with E-state index in [4.69, 9.17) is 4.74 Å². The van der Waals surface area contributed by atoms with E-state index >= 15 is 0 Å². The molecule has 1 saturated heterocycles. The zero-order valence-corrected chi connectivity index (χ0v) is 15.4. The molecule has 0 spiro atoms. The lowest BCUT2D eigenvalue weighted by molar-refractivity contribution is -0.130. The van der Waals surface area contributed by atoms with Crippen LogP contribution in [0, 0.1) is 0 Å². The second-order valence-electron chi connectivity index (χ2n) is 6.07. The molecule has 0 radical (unpaired) electrons. The monoisotopic (exact) mass is 361 g/mol. The van der Waals surface area contributed by atoms with Gasteiger partial charge in [0.25, 0.3) is 0 Å². The van der Waals surface area contributed by atoms with Crippen LogP contribution in [0.3, 0.4) is 0 Å². The molecule has 1 amide bonds. The quantitative estimate of drug-likeness (QED) is 0.762. The van der Waals surface area contributed by atoms with Crippen LogP contribution in [0.4, 0.5) is 0 Å². The highest BCUT2D eigenvalue weighted by Crippen LogP contribution is 2.25. The average molecular weight is 361 g/mol. The Morgan fingerprint density at radius 2 is 1.84 bits per heavy atom. The summed E-state index contributed by atoms with van der Waals surface area (Å²) in [6, 6.07) is 7.50. The highest BCUT2D eigenvalue weighted by molar-refractivity contribution is 8.00. The fourth-order valence-corrected chi connectivity index (χ4v) is 3.79. The first-order valence-electron chi connectivity index (χ1n) is 8.57. The molecule has 1 aliphatic rings. The van der Waals surface area contributed by atoms with E-state index in [1.807, 2.05) is 36.1 Å². The summed E-state index contributed by atoms with van der Waals surface area (Å²) in [6.07, 6.45) is 4.60. The molecule has 3 rings (SSSR count). The average Bonchev–Trinajstić information content (AvgIpc) is 2.93. The van der Waals surface area contributed by atoms with E-state index < -0.39 is 0 Å². The summed E-state index contributed by atoms with van der Waals surface area (Å²) < 4.78 is 6.82. The SMILES string of the molecule is COc1ccc(-n2nnnc2S[C@@H](C)C(=O)N2CCCCCC2)cc1. The van der Waals surface area contributed by atoms with Crippen molar-refractivity contribution in [1.82, 2.24) is 25.1 Å². The van der Waals surface area contributed by atoms with Crippen LogP contribution in [0.25, 0.3) is 5.69 Å². The number of rotatable bonds is 5. The Bertz CT molecular complexity index is 695. The van der Waals surface area contributed by atoms with Gasteiger partial charge in [-0.3, -0.25) is 4.79 Å². The van der Waals surface area contributed by atoms with Gasteiger partial charge in [-0.05, 0) is 54.5 Å². The Balaban J connectivity index is 1.70. The van der Waals surface area contributed by atoms with Gasteiger partial charge in [0.2, 0.25) is 11.1 Å². The smallest absolute Gasteiger partial charge is 0.235 e. The number of carbonyl (C=O) groups excluding carboxylic acids is 1. The third-order valence-corrected chi connectivity index (χ3v) is 5.33. The van der Waals surface area contributed by atoms with Gasteiger partial charge >= 0.3 is 0 Å². The summed E-state index contributed by atoms with van der Waals surface area (Å²) in [5.74, 6) is 0.937. The summed E-state index contributed by atoms with van der Waals surface area (Å²) >= 11 is 1.39. The molecule has 0 saturated carbocycles. The van der Waals surface area contributed by atoms with Crippen LogP contribution < -0.4 is 4.74 Å². The number of hydrogen-bond acceptors (Lipinski definition) is 6. The van der Waals surface area contributed by atoms with E-state index in [1.165, 1.54) is 24.6 Å². The lowest BCUT2D eigenvalue weighted by Crippen LogP contribution is -2.37. The largest absolute Gasteiger partial charge is 0.497 e. The molecular formula is C17H23N5O2S. The molecule has 0 bridgehead atoms. The highest BCUT2D eigenvalue weighted by atomic mass is 32.2. The van der Waals surface area contributed by atoms with Gasteiger partial charge in [-0.1, -0.05) is 24.6 Å². The number of carbonyl (C=O) groups is 1. The van der Waals surface area contributed by atoms with Crippen LogP contribution >= 0.6 is 11.8 Å². The van der Waals surface area contributed by atoms with Crippen LogP contribution in [0.1, 0.15) is 32.6 Å². The van der Waals surface area contributed by atoms with Crippen molar-refractivity contribution in [2.24, 2.45) is 0 Å². The van der Waals surface area contributed by atoms with E-state index in [1.54, 1.807) is 11.8 Å². The summed E-state index contributed by atoms with van der Waals surface area (Å²) in [5, 5.41) is 12.3. The van der Waals surface area contributed by atoms with Gasteiger partial charge in [0.15, 0.2) is 0 Å². The number of aromatic nitrogens is 4. The van der Waals surface area contributed by atoms with E-state index in [2.05, 4.69) is 15.5 Å². The molecule has 134 valence electrons. The Kier molecular flexibility index (Phi) is 5.91. The van der Waals surface area contributed by atoms with Crippen LogP contribution in [-0.2, 0) is 4.79 Å². The van der Waals surface area contributed by atoms with Crippen molar-refractivity contribution < 1.29 is 9.53 Å². The summed E-state index contributed by atoms with van der Waals surface area (Å²) in [4.78, 5) is 14.7. The number of likely N-dealkylation sites (tertiary alicyclic amines) is 1. The van der Waals surface area contributed by atoms with Crippen molar-refractivity contribution in [2.45, 2.75) is 43.0 Å². The summed E-state index contributed by atoms with van der Waals surface area (Å²) in [5.41, 5.74) is 0.836. The lowest BCUT2D eigenvalue weighted by Gasteiger charge is -2.23. The van der Waals surface area contributed by atoms with E-state index in [9.17, 15) is 4.79 Å². The second-order valence-corrected chi connectivity index (χ2v) is 7.38. The van der Waals surface area contributed by atoms with Crippen LogP contribution in [0.2, 0.25) is 0 Å². The molecule has 8 heteroatoms. The minimum absolute atomic E-state index is 0.163. The first-order chi connectivity index (χ1) is 12.2. The fourth-order valence-electron chi connectivity index (χ4n) is 2.89. The first kappa shape index (κ1) is 17.7. The number of nitrogens with zero attached hydrogens (tertiary/aromatic N) is 5. The molecular weight excluding hydrogens is 338 g/mol. The predicted octanol–water partition coefficient (Wildman–Crippen LogP) is 2.55. The van der Waals surface area contributed by atoms with Crippen LogP contribution in [-0.4, -0.2) is 56.5 Å². The number of methoxy groups -OCH3 is 1. The zero-order valence-electron chi connectivity index (χ0n) is 14.6. The van der Waals surface area contributed by atoms with Crippen molar-refractivity contribution in [3.8, 4) is 11.4 Å². The molecule has 2 aromatic rings. The molecule has 1 aromatic heterocycles. The third kappa shape index (κ3) is 4.31. The minimum atomic E-state index is -0.221. The minimum Gasteiger partial charge on any atom is -0.497 e. The summed E-state index contributed by atoms with van der Waals surface area (Å²) in [6.45, 7) is 3.63. The molecule has 0 N–H and O–H groups in total.